The molecule has 0 spiro atoms. The van der Waals surface area contributed by atoms with Gasteiger partial charge in [0.25, 0.3) is 12.1 Å². The molecule has 5 rings (SSSR count). The first-order valence-corrected chi connectivity index (χ1v) is 13.2. The number of benzene rings is 2. The zero-order valence-corrected chi connectivity index (χ0v) is 19.7. The summed E-state index contributed by atoms with van der Waals surface area (Å²) in [6.07, 6.45) is 9.37. The molecule has 3 heterocycles. The minimum absolute atomic E-state index is 0.225. The van der Waals surface area contributed by atoms with E-state index >= 15 is 0 Å². The van der Waals surface area contributed by atoms with Gasteiger partial charge in [-0.15, -0.1) is 0 Å². The van der Waals surface area contributed by atoms with Crippen LogP contribution in [-0.2, 0) is 9.84 Å². The molecular weight excluding hydrogens is 434 g/mol. The third-order valence-corrected chi connectivity index (χ3v) is 7.47. The first kappa shape index (κ1) is 21.6. The maximum absolute atomic E-state index is 11.8. The lowest BCUT2D eigenvalue weighted by atomic mass is 9.99. The lowest BCUT2D eigenvalue weighted by Crippen LogP contribution is -2.32. The van der Waals surface area contributed by atoms with Gasteiger partial charge in [-0.25, -0.2) is 8.42 Å². The molecule has 3 aliphatic heterocycles. The van der Waals surface area contributed by atoms with Crippen molar-refractivity contribution in [3.63, 3.8) is 0 Å². The second-order valence-corrected chi connectivity index (χ2v) is 10.9. The molecule has 0 bridgehead atoms. The quantitative estimate of drug-likeness (QED) is 0.679. The van der Waals surface area contributed by atoms with E-state index < -0.39 is 9.84 Å². The molecule has 0 aromatic heterocycles. The Morgan fingerprint density at radius 1 is 1.03 bits per heavy atom. The molecule has 7 nitrogen and oxygen atoms in total. The average molecular weight is 463 g/mol. The van der Waals surface area contributed by atoms with Gasteiger partial charge in [0.2, 0.25) is 5.70 Å². The monoisotopic (exact) mass is 462 g/mol. The first-order chi connectivity index (χ1) is 15.9. The van der Waals surface area contributed by atoms with Crippen LogP contribution in [0.4, 0.5) is 11.4 Å². The number of sulfone groups is 1. The highest BCUT2D eigenvalue weighted by Gasteiger charge is 2.35. The average Bonchev–Trinajstić information content (AvgIpc) is 3.22. The largest absolute Gasteiger partial charge is 0.372 e. The molecule has 1 atom stereocenters. The molecule has 33 heavy (non-hydrogen) atoms. The van der Waals surface area contributed by atoms with Crippen molar-refractivity contribution in [1.29, 1.82) is 0 Å². The fraction of sp³-hybridized carbons (Fsp3) is 0.320. The Balaban J connectivity index is 1.30. The molecule has 2 aromatic rings. The Morgan fingerprint density at radius 2 is 1.73 bits per heavy atom. The number of anilines is 2. The molecule has 1 unspecified atom stereocenters. The molecule has 170 valence electrons. The van der Waals surface area contributed by atoms with Gasteiger partial charge in [0.1, 0.15) is 0 Å². The minimum atomic E-state index is -3.23. The summed E-state index contributed by atoms with van der Waals surface area (Å²) in [6, 6.07) is 15.3. The second-order valence-electron chi connectivity index (χ2n) is 8.89. The molecule has 0 aliphatic carbocycles. The van der Waals surface area contributed by atoms with Gasteiger partial charge in [0.15, 0.2) is 9.84 Å². The minimum Gasteiger partial charge on any atom is -0.372 e. The number of hydrogen-bond acceptors (Lipinski definition) is 6. The zero-order chi connectivity index (χ0) is 23.0. The van der Waals surface area contributed by atoms with E-state index in [-0.39, 0.29) is 6.17 Å². The smallest absolute Gasteiger partial charge is 0.300 e. The molecule has 0 saturated carbocycles. The number of fused-ring (bicyclic) bond motifs is 1. The normalized spacial score (nSPS) is 20.7. The van der Waals surface area contributed by atoms with Crippen LogP contribution >= 0.6 is 0 Å². The van der Waals surface area contributed by atoms with Crippen LogP contribution in [0.5, 0.6) is 0 Å². The summed E-state index contributed by atoms with van der Waals surface area (Å²) in [5.41, 5.74) is 3.95. The highest BCUT2D eigenvalue weighted by molar-refractivity contribution is 7.90. The number of rotatable bonds is 4. The lowest BCUT2D eigenvalue weighted by molar-refractivity contribution is -0.518. The number of piperidine rings is 1. The molecule has 1 saturated heterocycles. The van der Waals surface area contributed by atoms with E-state index in [2.05, 4.69) is 51.5 Å². The second kappa shape index (κ2) is 8.59. The number of allylic oxidation sites excluding steroid dienone is 2. The third kappa shape index (κ3) is 4.61. The van der Waals surface area contributed by atoms with Gasteiger partial charge in [-0.1, -0.05) is 17.7 Å². The van der Waals surface area contributed by atoms with E-state index in [1.807, 2.05) is 22.9 Å². The van der Waals surface area contributed by atoms with E-state index in [4.69, 9.17) is 0 Å². The van der Waals surface area contributed by atoms with Gasteiger partial charge in [0, 0.05) is 53.5 Å². The molecule has 1 fully saturated rings. The third-order valence-electron chi connectivity index (χ3n) is 6.34. The number of hydrogen-bond donors (Lipinski definition) is 1. The van der Waals surface area contributed by atoms with Crippen molar-refractivity contribution in [3.05, 3.63) is 72.3 Å². The Labute approximate surface area is 194 Å². The summed E-state index contributed by atoms with van der Waals surface area (Å²) in [5.74, 6) is 1.36. The van der Waals surface area contributed by atoms with E-state index in [9.17, 15) is 8.42 Å². The molecule has 1 N–H and O–H groups in total. The van der Waals surface area contributed by atoms with E-state index in [1.165, 1.54) is 24.8 Å². The molecule has 8 heteroatoms. The van der Waals surface area contributed by atoms with Crippen molar-refractivity contribution >= 4 is 32.9 Å². The van der Waals surface area contributed by atoms with Crippen molar-refractivity contribution in [1.82, 2.24) is 0 Å². The molecule has 3 aliphatic rings. The Kier molecular flexibility index (Phi) is 5.62. The van der Waals surface area contributed by atoms with Crippen molar-refractivity contribution in [2.75, 3.05) is 29.6 Å². The molecule has 0 amide bonds. The molecule has 0 radical (unpaired) electrons. The van der Waals surface area contributed by atoms with Gasteiger partial charge >= 0.3 is 0 Å². The number of aliphatic imine (C=N–C) groups is 1. The van der Waals surface area contributed by atoms with Crippen LogP contribution in [0.15, 0.2) is 81.8 Å². The van der Waals surface area contributed by atoms with Gasteiger partial charge in [-0.3, -0.25) is 0 Å². The van der Waals surface area contributed by atoms with Gasteiger partial charge < -0.3 is 10.2 Å². The maximum atomic E-state index is 11.8. The van der Waals surface area contributed by atoms with Crippen molar-refractivity contribution in [3.8, 4) is 0 Å². The van der Waals surface area contributed by atoms with Crippen LogP contribution < -0.4 is 10.2 Å². The summed E-state index contributed by atoms with van der Waals surface area (Å²) in [4.78, 5) is 7.43. The molecular formula is C25H28N5O2S+. The number of nitrogens with one attached hydrogen (secondary N) is 1. The fourth-order valence-corrected chi connectivity index (χ4v) is 4.95. The Hall–Kier alpha value is -3.26. The number of nitrogens with zero attached hydrogens (tertiary/aromatic N) is 4. The Bertz CT molecular complexity index is 1270. The summed E-state index contributed by atoms with van der Waals surface area (Å²) >= 11 is 0. The van der Waals surface area contributed by atoms with Crippen molar-refractivity contribution < 1.29 is 13.1 Å². The summed E-state index contributed by atoms with van der Waals surface area (Å²) in [7, 11) is -3.23. The Morgan fingerprint density at radius 3 is 2.39 bits per heavy atom. The van der Waals surface area contributed by atoms with Gasteiger partial charge in [-0.2, -0.15) is 4.99 Å². The molecule has 2 aromatic carbocycles. The predicted molar refractivity (Wildman–Crippen MR) is 131 cm³/mol. The maximum Gasteiger partial charge on any atom is 0.300 e. The van der Waals surface area contributed by atoms with E-state index in [1.54, 1.807) is 24.3 Å². The topological polar surface area (TPSA) is 77.1 Å². The predicted octanol–water partition coefficient (Wildman–Crippen LogP) is 4.51. The summed E-state index contributed by atoms with van der Waals surface area (Å²) in [6.45, 7) is 4.54. The van der Waals surface area contributed by atoms with Crippen molar-refractivity contribution in [2.45, 2.75) is 30.8 Å². The number of azo groups is 2. The van der Waals surface area contributed by atoms with Crippen LogP contribution in [-0.4, -0.2) is 44.6 Å². The first-order valence-electron chi connectivity index (χ1n) is 11.3. The van der Waals surface area contributed by atoms with E-state index in [0.29, 0.717) is 10.9 Å². The fourth-order valence-electron chi connectivity index (χ4n) is 4.32. The number of guanidine groups is 1. The standard InChI is InChI=1S/C25H28N5O2S/c1-18-14-16-29(17-15-18)21-10-8-20(9-11-21)26-25-27-24-5-3-4-23(30(24)28-25)19-6-12-22(13-7-19)33(2,31)32/h3-13,18,24H,14-17H2,1-2H3,(H,26,27,28)/q+1. The SMILES string of the molecule is CC1CCN(c2ccc(NC3=NC4C=CC=C(c5ccc(S(C)(=O)=O)cc5)[N+]4=N3)cc2)CC1. The summed E-state index contributed by atoms with van der Waals surface area (Å²) in [5, 5.41) is 8.00. The highest BCUT2D eigenvalue weighted by atomic mass is 32.2. The van der Waals surface area contributed by atoms with Gasteiger partial charge in [-0.05, 0) is 67.3 Å². The van der Waals surface area contributed by atoms with Crippen LogP contribution in [0.3, 0.4) is 0 Å². The van der Waals surface area contributed by atoms with E-state index in [0.717, 1.165) is 36.0 Å². The van der Waals surface area contributed by atoms with Gasteiger partial charge in [0.05, 0.1) is 4.90 Å². The van der Waals surface area contributed by atoms with Crippen LogP contribution in [0.1, 0.15) is 25.3 Å². The zero-order valence-electron chi connectivity index (χ0n) is 18.8. The van der Waals surface area contributed by atoms with Crippen LogP contribution in [0.25, 0.3) is 5.70 Å². The van der Waals surface area contributed by atoms with Crippen molar-refractivity contribution in [2.24, 2.45) is 16.0 Å². The van der Waals surface area contributed by atoms with Crippen LogP contribution in [0, 0.1) is 5.92 Å². The van der Waals surface area contributed by atoms with Crippen LogP contribution in [0.2, 0.25) is 0 Å². The highest BCUT2D eigenvalue weighted by Crippen LogP contribution is 2.28. The summed E-state index contributed by atoms with van der Waals surface area (Å²) < 4.78 is 25.4. The lowest BCUT2D eigenvalue weighted by Gasteiger charge is -2.32.